The van der Waals surface area contributed by atoms with Gasteiger partial charge in [-0.25, -0.2) is 9.37 Å². The molecule has 0 saturated carbocycles. The van der Waals surface area contributed by atoms with Crippen molar-refractivity contribution in [1.82, 2.24) is 10.3 Å². The molecule has 18 heavy (non-hydrogen) atoms. The SMILES string of the molecule is C#CCN(CCC)c1nccc(CNCC)c1F. The van der Waals surface area contributed by atoms with Crippen LogP contribution >= 0.6 is 0 Å². The van der Waals surface area contributed by atoms with E-state index in [0.29, 0.717) is 31.0 Å². The molecule has 1 aromatic rings. The molecule has 3 nitrogen and oxygen atoms in total. The zero-order chi connectivity index (χ0) is 13.4. The standard InChI is InChI=1S/C14H20FN3/c1-4-9-18(10-5-2)14-13(15)12(7-8-17-14)11-16-6-3/h1,7-8,16H,5-6,9-11H2,2-3H3. The van der Waals surface area contributed by atoms with E-state index >= 15 is 0 Å². The molecule has 1 aromatic heterocycles. The van der Waals surface area contributed by atoms with Crippen LogP contribution < -0.4 is 10.2 Å². The summed E-state index contributed by atoms with van der Waals surface area (Å²) < 4.78 is 14.3. The highest BCUT2D eigenvalue weighted by molar-refractivity contribution is 5.44. The molecule has 0 aliphatic rings. The fourth-order valence-electron chi connectivity index (χ4n) is 1.73. The topological polar surface area (TPSA) is 28.2 Å². The summed E-state index contributed by atoms with van der Waals surface area (Å²) in [6.07, 6.45) is 7.84. The number of hydrogen-bond acceptors (Lipinski definition) is 3. The number of hydrogen-bond donors (Lipinski definition) is 1. The van der Waals surface area contributed by atoms with Gasteiger partial charge in [0.15, 0.2) is 11.6 Å². The van der Waals surface area contributed by atoms with Gasteiger partial charge in [-0.15, -0.1) is 6.42 Å². The third-order valence-electron chi connectivity index (χ3n) is 2.59. The number of halogens is 1. The Labute approximate surface area is 108 Å². The van der Waals surface area contributed by atoms with Crippen molar-refractivity contribution < 1.29 is 4.39 Å². The van der Waals surface area contributed by atoms with Crippen LogP contribution in [-0.4, -0.2) is 24.6 Å². The summed E-state index contributed by atoms with van der Waals surface area (Å²) in [6.45, 7) is 6.42. The second-order valence-corrected chi connectivity index (χ2v) is 4.01. The zero-order valence-corrected chi connectivity index (χ0v) is 11.0. The summed E-state index contributed by atoms with van der Waals surface area (Å²) >= 11 is 0. The van der Waals surface area contributed by atoms with E-state index in [0.717, 1.165) is 13.0 Å². The van der Waals surface area contributed by atoms with E-state index in [9.17, 15) is 4.39 Å². The van der Waals surface area contributed by atoms with Gasteiger partial charge in [0.2, 0.25) is 0 Å². The second-order valence-electron chi connectivity index (χ2n) is 4.01. The summed E-state index contributed by atoms with van der Waals surface area (Å²) in [5.41, 5.74) is 0.625. The fraction of sp³-hybridized carbons (Fsp3) is 0.500. The highest BCUT2D eigenvalue weighted by atomic mass is 19.1. The Hall–Kier alpha value is -1.60. The first kappa shape index (κ1) is 14.5. The highest BCUT2D eigenvalue weighted by Crippen LogP contribution is 2.19. The Morgan fingerprint density at radius 3 is 2.89 bits per heavy atom. The van der Waals surface area contributed by atoms with E-state index < -0.39 is 0 Å². The smallest absolute Gasteiger partial charge is 0.170 e. The molecule has 0 fully saturated rings. The molecule has 0 unspecified atom stereocenters. The van der Waals surface area contributed by atoms with E-state index in [1.54, 1.807) is 17.2 Å². The van der Waals surface area contributed by atoms with Crippen LogP contribution in [0, 0.1) is 18.2 Å². The number of nitrogens with zero attached hydrogens (tertiary/aromatic N) is 2. The molecule has 1 rings (SSSR count). The molecule has 0 amide bonds. The lowest BCUT2D eigenvalue weighted by Crippen LogP contribution is -2.27. The van der Waals surface area contributed by atoms with Crippen LogP contribution in [0.2, 0.25) is 0 Å². The lowest BCUT2D eigenvalue weighted by molar-refractivity contribution is 0.581. The van der Waals surface area contributed by atoms with Crippen LogP contribution in [-0.2, 0) is 6.54 Å². The lowest BCUT2D eigenvalue weighted by Gasteiger charge is -2.21. The largest absolute Gasteiger partial charge is 0.343 e. The number of rotatable bonds is 7. The molecule has 0 bridgehead atoms. The van der Waals surface area contributed by atoms with Crippen molar-refractivity contribution in [3.8, 4) is 12.3 Å². The fourth-order valence-corrected chi connectivity index (χ4v) is 1.73. The van der Waals surface area contributed by atoms with Crippen LogP contribution in [0.4, 0.5) is 10.2 Å². The zero-order valence-electron chi connectivity index (χ0n) is 11.0. The Morgan fingerprint density at radius 1 is 1.50 bits per heavy atom. The van der Waals surface area contributed by atoms with E-state index in [1.165, 1.54) is 0 Å². The molecule has 4 heteroatoms. The first-order valence-electron chi connectivity index (χ1n) is 6.27. The van der Waals surface area contributed by atoms with Gasteiger partial charge < -0.3 is 10.2 Å². The predicted octanol–water partition coefficient (Wildman–Crippen LogP) is 2.18. The normalized spacial score (nSPS) is 10.1. The number of terminal acetylenes is 1. The molecule has 0 spiro atoms. The van der Waals surface area contributed by atoms with Gasteiger partial charge in [-0.3, -0.25) is 0 Å². The van der Waals surface area contributed by atoms with Gasteiger partial charge >= 0.3 is 0 Å². The average molecular weight is 249 g/mol. The second kappa shape index (κ2) is 7.67. The number of nitrogens with one attached hydrogen (secondary N) is 1. The van der Waals surface area contributed by atoms with Crippen molar-refractivity contribution in [3.05, 3.63) is 23.6 Å². The van der Waals surface area contributed by atoms with Gasteiger partial charge in [0.05, 0.1) is 6.54 Å². The van der Waals surface area contributed by atoms with Crippen molar-refractivity contribution in [2.75, 3.05) is 24.5 Å². The molecule has 0 aromatic carbocycles. The van der Waals surface area contributed by atoms with Crippen LogP contribution in [0.25, 0.3) is 0 Å². The summed E-state index contributed by atoms with van der Waals surface area (Å²) in [5.74, 6) is 2.62. The minimum absolute atomic E-state index is 0.276. The third kappa shape index (κ3) is 3.71. The minimum atomic E-state index is -0.276. The van der Waals surface area contributed by atoms with Crippen LogP contribution in [0.15, 0.2) is 12.3 Å². The summed E-state index contributed by atoms with van der Waals surface area (Å²) in [5, 5.41) is 3.11. The van der Waals surface area contributed by atoms with E-state index in [1.807, 2.05) is 13.8 Å². The quantitative estimate of drug-likeness (QED) is 0.751. The highest BCUT2D eigenvalue weighted by Gasteiger charge is 2.14. The molecular weight excluding hydrogens is 229 g/mol. The van der Waals surface area contributed by atoms with Crippen LogP contribution in [0.5, 0.6) is 0 Å². The maximum atomic E-state index is 14.3. The number of aromatic nitrogens is 1. The molecule has 1 N–H and O–H groups in total. The van der Waals surface area contributed by atoms with Crippen molar-refractivity contribution >= 4 is 5.82 Å². The maximum absolute atomic E-state index is 14.3. The van der Waals surface area contributed by atoms with Crippen molar-refractivity contribution in [2.24, 2.45) is 0 Å². The van der Waals surface area contributed by atoms with Gasteiger partial charge in [0.1, 0.15) is 0 Å². The Balaban J connectivity index is 2.96. The predicted molar refractivity (Wildman–Crippen MR) is 72.9 cm³/mol. The van der Waals surface area contributed by atoms with E-state index in [4.69, 9.17) is 6.42 Å². The summed E-state index contributed by atoms with van der Waals surface area (Å²) in [6, 6.07) is 1.70. The van der Waals surface area contributed by atoms with E-state index in [-0.39, 0.29) is 5.82 Å². The van der Waals surface area contributed by atoms with Crippen LogP contribution in [0.1, 0.15) is 25.8 Å². The van der Waals surface area contributed by atoms with Crippen LogP contribution in [0.3, 0.4) is 0 Å². The maximum Gasteiger partial charge on any atom is 0.170 e. The number of pyridine rings is 1. The molecule has 0 aliphatic carbocycles. The third-order valence-corrected chi connectivity index (χ3v) is 2.59. The van der Waals surface area contributed by atoms with Gasteiger partial charge in [-0.1, -0.05) is 19.8 Å². The average Bonchev–Trinajstić information content (AvgIpc) is 2.37. The van der Waals surface area contributed by atoms with Gasteiger partial charge in [0.25, 0.3) is 0 Å². The minimum Gasteiger partial charge on any atom is -0.343 e. The molecule has 98 valence electrons. The lowest BCUT2D eigenvalue weighted by atomic mass is 10.2. The molecule has 0 saturated heterocycles. The molecule has 1 heterocycles. The van der Waals surface area contributed by atoms with Gasteiger partial charge in [-0.2, -0.15) is 0 Å². The van der Waals surface area contributed by atoms with Crippen molar-refractivity contribution in [2.45, 2.75) is 26.8 Å². The molecular formula is C14H20FN3. The van der Waals surface area contributed by atoms with Crippen molar-refractivity contribution in [3.63, 3.8) is 0 Å². The van der Waals surface area contributed by atoms with Crippen molar-refractivity contribution in [1.29, 1.82) is 0 Å². The Kier molecular flexibility index (Phi) is 6.16. The molecule has 0 aliphatic heterocycles. The Morgan fingerprint density at radius 2 is 2.28 bits per heavy atom. The number of anilines is 1. The Bertz CT molecular complexity index is 412. The first-order chi connectivity index (χ1) is 8.74. The van der Waals surface area contributed by atoms with Gasteiger partial charge in [0, 0.05) is 24.8 Å². The van der Waals surface area contributed by atoms with Gasteiger partial charge in [-0.05, 0) is 19.0 Å². The molecule has 0 radical (unpaired) electrons. The van der Waals surface area contributed by atoms with E-state index in [2.05, 4.69) is 16.2 Å². The summed E-state index contributed by atoms with van der Waals surface area (Å²) in [4.78, 5) is 5.91. The summed E-state index contributed by atoms with van der Waals surface area (Å²) in [7, 11) is 0. The first-order valence-corrected chi connectivity index (χ1v) is 6.27. The monoisotopic (exact) mass is 249 g/mol. The molecule has 0 atom stereocenters.